The van der Waals surface area contributed by atoms with Crippen molar-refractivity contribution in [1.82, 2.24) is 8.01 Å². The molecular formula is C11H21IN2O. The third kappa shape index (κ3) is 3.28. The summed E-state index contributed by atoms with van der Waals surface area (Å²) in [6, 6.07) is 0.758. The van der Waals surface area contributed by atoms with E-state index in [1.165, 1.54) is 39.0 Å². The first-order chi connectivity index (χ1) is 7.15. The van der Waals surface area contributed by atoms with Crippen LogP contribution in [0.5, 0.6) is 0 Å². The second-order valence-corrected chi connectivity index (χ2v) is 6.19. The van der Waals surface area contributed by atoms with Crippen LogP contribution in [0.1, 0.15) is 26.7 Å². The number of piperazine rings is 1. The van der Waals surface area contributed by atoms with Crippen LogP contribution in [0.25, 0.3) is 0 Å². The predicted octanol–water partition coefficient (Wildman–Crippen LogP) is 1.91. The largest absolute Gasteiger partial charge is 0.375 e. The lowest BCUT2D eigenvalue weighted by atomic mass is 9.98. The zero-order chi connectivity index (χ0) is 10.8. The molecule has 0 aromatic heterocycles. The van der Waals surface area contributed by atoms with E-state index in [1.54, 1.807) is 0 Å². The summed E-state index contributed by atoms with van der Waals surface area (Å²) in [5, 5.41) is 0. The minimum Gasteiger partial charge on any atom is -0.375 e. The highest BCUT2D eigenvalue weighted by Gasteiger charge is 2.30. The van der Waals surface area contributed by atoms with Crippen LogP contribution >= 0.6 is 22.9 Å². The maximum Gasteiger partial charge on any atom is 0.0565 e. The lowest BCUT2D eigenvalue weighted by Gasteiger charge is -2.42. The Balaban J connectivity index is 1.87. The standard InChI is InChI=1S/C11H21IN2O/c1-9-7-11(8-10(2)15-9)13-3-5-14(12)6-4-13/h9-11H,3-8H2,1-2H3. The molecule has 0 N–H and O–H groups in total. The first kappa shape index (κ1) is 12.1. The number of halogens is 1. The Hall–Kier alpha value is 0.610. The molecule has 0 aliphatic carbocycles. The van der Waals surface area contributed by atoms with E-state index in [2.05, 4.69) is 44.7 Å². The number of rotatable bonds is 1. The summed E-state index contributed by atoms with van der Waals surface area (Å²) in [7, 11) is 0. The van der Waals surface area contributed by atoms with Crippen LogP contribution in [0.3, 0.4) is 0 Å². The molecule has 2 aliphatic heterocycles. The Kier molecular flexibility index (Phi) is 4.26. The summed E-state index contributed by atoms with van der Waals surface area (Å²) in [4.78, 5) is 2.66. The number of hydrogen-bond acceptors (Lipinski definition) is 3. The highest BCUT2D eigenvalue weighted by molar-refractivity contribution is 14.1. The minimum absolute atomic E-state index is 0.441. The fourth-order valence-electron chi connectivity index (χ4n) is 2.73. The van der Waals surface area contributed by atoms with Crippen molar-refractivity contribution in [1.29, 1.82) is 0 Å². The molecule has 2 atom stereocenters. The summed E-state index contributed by atoms with van der Waals surface area (Å²) in [6.45, 7) is 9.29. The second kappa shape index (κ2) is 5.29. The third-order valence-electron chi connectivity index (χ3n) is 3.45. The van der Waals surface area contributed by atoms with Gasteiger partial charge in [0.25, 0.3) is 0 Å². The Morgan fingerprint density at radius 3 is 2.07 bits per heavy atom. The van der Waals surface area contributed by atoms with Crippen molar-refractivity contribution in [2.24, 2.45) is 0 Å². The van der Waals surface area contributed by atoms with Gasteiger partial charge in [0.05, 0.1) is 12.2 Å². The van der Waals surface area contributed by atoms with Crippen molar-refractivity contribution in [3.8, 4) is 0 Å². The highest BCUT2D eigenvalue weighted by atomic mass is 127. The van der Waals surface area contributed by atoms with E-state index in [-0.39, 0.29) is 0 Å². The molecular weight excluding hydrogens is 303 g/mol. The highest BCUT2D eigenvalue weighted by Crippen LogP contribution is 2.24. The van der Waals surface area contributed by atoms with E-state index >= 15 is 0 Å². The van der Waals surface area contributed by atoms with Crippen LogP contribution < -0.4 is 0 Å². The molecule has 88 valence electrons. The summed E-state index contributed by atoms with van der Waals surface area (Å²) in [5.74, 6) is 0. The molecule has 0 aromatic carbocycles. The zero-order valence-corrected chi connectivity index (χ0v) is 11.8. The van der Waals surface area contributed by atoms with Gasteiger partial charge < -0.3 is 4.74 Å². The van der Waals surface area contributed by atoms with Gasteiger partial charge in [-0.2, -0.15) is 0 Å². The van der Waals surface area contributed by atoms with Crippen LogP contribution in [0.4, 0.5) is 0 Å². The normalized spacial score (nSPS) is 40.6. The fourth-order valence-corrected chi connectivity index (χ4v) is 3.16. The van der Waals surface area contributed by atoms with Crippen molar-refractivity contribution >= 4 is 22.9 Å². The Morgan fingerprint density at radius 1 is 1.00 bits per heavy atom. The van der Waals surface area contributed by atoms with Gasteiger partial charge in [0, 0.05) is 55.1 Å². The molecule has 2 rings (SSSR count). The second-order valence-electron chi connectivity index (χ2n) is 4.83. The molecule has 3 nitrogen and oxygen atoms in total. The van der Waals surface area contributed by atoms with E-state index in [9.17, 15) is 0 Å². The molecule has 0 aromatic rings. The summed E-state index contributed by atoms with van der Waals surface area (Å²) >= 11 is 2.43. The van der Waals surface area contributed by atoms with E-state index < -0.39 is 0 Å². The monoisotopic (exact) mass is 324 g/mol. The summed E-state index contributed by atoms with van der Waals surface area (Å²) in [5.41, 5.74) is 0. The third-order valence-corrected chi connectivity index (χ3v) is 4.41. The number of hydrogen-bond donors (Lipinski definition) is 0. The summed E-state index contributed by atoms with van der Waals surface area (Å²) in [6.07, 6.45) is 3.31. The van der Waals surface area contributed by atoms with Gasteiger partial charge >= 0.3 is 0 Å². The molecule has 0 spiro atoms. The Labute approximate surface area is 107 Å². The maximum atomic E-state index is 5.79. The molecule has 2 fully saturated rings. The SMILES string of the molecule is CC1CC(N2CCN(I)CC2)CC(C)O1. The van der Waals surface area contributed by atoms with E-state index in [1.807, 2.05) is 0 Å². The molecule has 4 heteroatoms. The topological polar surface area (TPSA) is 15.7 Å². The summed E-state index contributed by atoms with van der Waals surface area (Å²) < 4.78 is 8.18. The van der Waals surface area contributed by atoms with Crippen LogP contribution in [-0.2, 0) is 4.74 Å². The van der Waals surface area contributed by atoms with E-state index in [0.29, 0.717) is 12.2 Å². The fraction of sp³-hybridized carbons (Fsp3) is 1.00. The zero-order valence-electron chi connectivity index (χ0n) is 9.66. The Bertz CT molecular complexity index is 197. The van der Waals surface area contributed by atoms with Gasteiger partial charge in [-0.15, -0.1) is 0 Å². The van der Waals surface area contributed by atoms with Crippen molar-refractivity contribution in [3.63, 3.8) is 0 Å². The van der Waals surface area contributed by atoms with Crippen molar-refractivity contribution in [2.45, 2.75) is 44.9 Å². The van der Waals surface area contributed by atoms with Crippen molar-refractivity contribution < 1.29 is 4.74 Å². The first-order valence-electron chi connectivity index (χ1n) is 5.95. The van der Waals surface area contributed by atoms with Gasteiger partial charge in [0.15, 0.2) is 0 Å². The smallest absolute Gasteiger partial charge is 0.0565 e. The molecule has 2 aliphatic rings. The number of nitrogens with zero attached hydrogens (tertiary/aromatic N) is 2. The van der Waals surface area contributed by atoms with Gasteiger partial charge in [0.2, 0.25) is 0 Å². The van der Waals surface area contributed by atoms with Crippen molar-refractivity contribution in [3.05, 3.63) is 0 Å². The van der Waals surface area contributed by atoms with Gasteiger partial charge in [-0.25, -0.2) is 3.11 Å². The predicted molar refractivity (Wildman–Crippen MR) is 70.2 cm³/mol. The quantitative estimate of drug-likeness (QED) is 0.541. The first-order valence-corrected chi connectivity index (χ1v) is 6.92. The molecule has 0 saturated carbocycles. The molecule has 2 heterocycles. The van der Waals surface area contributed by atoms with Gasteiger partial charge in [0.1, 0.15) is 0 Å². The molecule has 2 unspecified atom stereocenters. The molecule has 0 radical (unpaired) electrons. The van der Waals surface area contributed by atoms with E-state index in [4.69, 9.17) is 4.74 Å². The Morgan fingerprint density at radius 2 is 1.53 bits per heavy atom. The average Bonchev–Trinajstić information content (AvgIpc) is 2.17. The van der Waals surface area contributed by atoms with Gasteiger partial charge in [-0.3, -0.25) is 4.90 Å². The van der Waals surface area contributed by atoms with Crippen LogP contribution in [0.2, 0.25) is 0 Å². The van der Waals surface area contributed by atoms with Crippen LogP contribution in [0, 0.1) is 0 Å². The molecule has 15 heavy (non-hydrogen) atoms. The average molecular weight is 324 g/mol. The molecule has 0 bridgehead atoms. The number of ether oxygens (including phenoxy) is 1. The lowest BCUT2D eigenvalue weighted by Crippen LogP contribution is -2.51. The molecule has 0 amide bonds. The van der Waals surface area contributed by atoms with Gasteiger partial charge in [-0.1, -0.05) is 0 Å². The van der Waals surface area contributed by atoms with E-state index in [0.717, 1.165) is 6.04 Å². The molecule has 2 saturated heterocycles. The lowest BCUT2D eigenvalue weighted by molar-refractivity contribution is -0.0681. The van der Waals surface area contributed by atoms with Crippen LogP contribution in [0.15, 0.2) is 0 Å². The van der Waals surface area contributed by atoms with Crippen molar-refractivity contribution in [2.75, 3.05) is 26.2 Å². The minimum atomic E-state index is 0.441. The van der Waals surface area contributed by atoms with Crippen LogP contribution in [-0.4, -0.2) is 52.4 Å². The maximum absolute atomic E-state index is 5.79. The van der Waals surface area contributed by atoms with Gasteiger partial charge in [-0.05, 0) is 26.7 Å².